The zero-order valence-electron chi connectivity index (χ0n) is 11.3. The number of carbonyl (C=O) groups excluding carboxylic acids is 1. The van der Waals surface area contributed by atoms with Crippen molar-refractivity contribution in [3.8, 4) is 0 Å². The Labute approximate surface area is 116 Å². The van der Waals surface area contributed by atoms with Crippen molar-refractivity contribution in [2.75, 3.05) is 52.9 Å². The maximum absolute atomic E-state index is 11.6. The number of likely N-dealkylation sites (N-methyl/N-ethyl adjacent to an activating group) is 1. The van der Waals surface area contributed by atoms with E-state index in [1.807, 2.05) is 4.90 Å². The lowest BCUT2D eigenvalue weighted by Crippen LogP contribution is -2.44. The number of carbonyl (C=O) groups is 1. The van der Waals surface area contributed by atoms with Gasteiger partial charge in [-0.1, -0.05) is 0 Å². The minimum Gasteiger partial charge on any atom is -0.342 e. The molecule has 2 rings (SSSR count). The van der Waals surface area contributed by atoms with E-state index >= 15 is 0 Å². The van der Waals surface area contributed by atoms with Crippen LogP contribution in [-0.2, 0) is 4.79 Å². The van der Waals surface area contributed by atoms with Gasteiger partial charge < -0.3 is 14.7 Å². The van der Waals surface area contributed by atoms with Crippen molar-refractivity contribution in [1.29, 1.82) is 0 Å². The fraction of sp³-hybridized carbons (Fsp3) is 0.923. The third kappa shape index (κ3) is 4.14. The van der Waals surface area contributed by atoms with Crippen molar-refractivity contribution in [1.82, 2.24) is 14.7 Å². The van der Waals surface area contributed by atoms with E-state index in [-0.39, 0.29) is 11.2 Å². The number of hydrogen-bond donors (Lipinski definition) is 1. The van der Waals surface area contributed by atoms with E-state index in [4.69, 9.17) is 0 Å². The van der Waals surface area contributed by atoms with Crippen LogP contribution in [0, 0.1) is 0 Å². The zero-order valence-corrected chi connectivity index (χ0v) is 12.2. The Hall–Kier alpha value is -0.260. The summed E-state index contributed by atoms with van der Waals surface area (Å²) in [5.41, 5.74) is 0. The highest BCUT2D eigenvalue weighted by Gasteiger charge is 2.26. The van der Waals surface area contributed by atoms with Crippen molar-refractivity contribution in [2.45, 2.75) is 24.5 Å². The van der Waals surface area contributed by atoms with Gasteiger partial charge in [0.15, 0.2) is 0 Å². The summed E-state index contributed by atoms with van der Waals surface area (Å²) in [6.45, 7) is 7.70. The van der Waals surface area contributed by atoms with Gasteiger partial charge in [0.05, 0.1) is 0 Å². The Kier molecular flexibility index (Phi) is 5.33. The zero-order chi connectivity index (χ0) is 13.0. The molecule has 2 aliphatic rings. The molecule has 0 bridgehead atoms. The van der Waals surface area contributed by atoms with Gasteiger partial charge in [-0.05, 0) is 26.4 Å². The van der Waals surface area contributed by atoms with E-state index in [0.29, 0.717) is 6.42 Å². The largest absolute Gasteiger partial charge is 0.342 e. The predicted octanol–water partition coefficient (Wildman–Crippen LogP) is 0.545. The molecule has 0 saturated carbocycles. The number of amides is 1. The molecule has 18 heavy (non-hydrogen) atoms. The SMILES string of the molecule is CN1CCN(CCCCN2CC(S)CC2=O)CC1. The summed E-state index contributed by atoms with van der Waals surface area (Å²) < 4.78 is 0. The van der Waals surface area contributed by atoms with Crippen LogP contribution in [0.2, 0.25) is 0 Å². The summed E-state index contributed by atoms with van der Waals surface area (Å²) in [6, 6.07) is 0. The van der Waals surface area contributed by atoms with Gasteiger partial charge in [0.2, 0.25) is 5.91 Å². The average Bonchev–Trinajstić information content (AvgIpc) is 2.66. The molecule has 104 valence electrons. The highest BCUT2D eigenvalue weighted by molar-refractivity contribution is 7.81. The molecule has 0 aromatic heterocycles. The number of piperazine rings is 1. The highest BCUT2D eigenvalue weighted by atomic mass is 32.1. The number of unbranched alkanes of at least 4 members (excludes halogenated alkanes) is 1. The normalized spacial score (nSPS) is 27.1. The smallest absolute Gasteiger partial charge is 0.223 e. The number of likely N-dealkylation sites (tertiary alicyclic amines) is 1. The Morgan fingerprint density at radius 3 is 2.44 bits per heavy atom. The summed E-state index contributed by atoms with van der Waals surface area (Å²) in [5, 5.41) is 0.259. The van der Waals surface area contributed by atoms with Crippen LogP contribution in [0.15, 0.2) is 0 Å². The molecular formula is C13H25N3OS. The first kappa shape index (κ1) is 14.2. The molecule has 0 aliphatic carbocycles. The molecule has 4 nitrogen and oxygen atoms in total. The third-order valence-corrected chi connectivity index (χ3v) is 4.29. The van der Waals surface area contributed by atoms with Crippen LogP contribution in [0.5, 0.6) is 0 Å². The lowest BCUT2D eigenvalue weighted by molar-refractivity contribution is -0.127. The van der Waals surface area contributed by atoms with Crippen LogP contribution >= 0.6 is 12.6 Å². The standard InChI is InChI=1S/C13H25N3OS/c1-14-6-8-15(9-7-14)4-2-3-5-16-11-12(18)10-13(16)17/h12,18H,2-11H2,1H3. The Morgan fingerprint density at radius 2 is 1.83 bits per heavy atom. The number of rotatable bonds is 5. The fourth-order valence-corrected chi connectivity index (χ4v) is 3.03. The van der Waals surface area contributed by atoms with E-state index < -0.39 is 0 Å². The van der Waals surface area contributed by atoms with Crippen molar-refractivity contribution < 1.29 is 4.79 Å². The lowest BCUT2D eigenvalue weighted by Gasteiger charge is -2.32. The van der Waals surface area contributed by atoms with Crippen molar-refractivity contribution in [3.63, 3.8) is 0 Å². The predicted molar refractivity (Wildman–Crippen MR) is 77.1 cm³/mol. The molecule has 0 N–H and O–H groups in total. The number of hydrogen-bond acceptors (Lipinski definition) is 4. The maximum Gasteiger partial charge on any atom is 0.223 e. The van der Waals surface area contributed by atoms with Crippen LogP contribution in [0.25, 0.3) is 0 Å². The molecule has 0 radical (unpaired) electrons. The molecule has 1 unspecified atom stereocenters. The minimum absolute atomic E-state index is 0.259. The summed E-state index contributed by atoms with van der Waals surface area (Å²) in [5.74, 6) is 0.287. The Bertz CT molecular complexity index is 279. The van der Waals surface area contributed by atoms with E-state index in [0.717, 1.165) is 19.5 Å². The van der Waals surface area contributed by atoms with E-state index in [9.17, 15) is 4.79 Å². The van der Waals surface area contributed by atoms with Crippen LogP contribution in [0.4, 0.5) is 0 Å². The first-order valence-corrected chi connectivity index (χ1v) is 7.53. The van der Waals surface area contributed by atoms with E-state index in [1.54, 1.807) is 0 Å². The Balaban J connectivity index is 1.55. The summed E-state index contributed by atoms with van der Waals surface area (Å²) >= 11 is 4.37. The van der Waals surface area contributed by atoms with E-state index in [1.165, 1.54) is 39.1 Å². The maximum atomic E-state index is 11.6. The van der Waals surface area contributed by atoms with Gasteiger partial charge in [0.25, 0.3) is 0 Å². The monoisotopic (exact) mass is 271 g/mol. The first-order valence-electron chi connectivity index (χ1n) is 7.02. The van der Waals surface area contributed by atoms with Crippen LogP contribution < -0.4 is 0 Å². The Morgan fingerprint density at radius 1 is 1.17 bits per heavy atom. The molecule has 5 heteroatoms. The molecule has 2 heterocycles. The van der Waals surface area contributed by atoms with Gasteiger partial charge in [-0.25, -0.2) is 0 Å². The topological polar surface area (TPSA) is 26.8 Å². The first-order chi connectivity index (χ1) is 8.65. The molecule has 2 aliphatic heterocycles. The van der Waals surface area contributed by atoms with Gasteiger partial charge in [0.1, 0.15) is 0 Å². The molecule has 0 aromatic rings. The van der Waals surface area contributed by atoms with Crippen LogP contribution in [0.1, 0.15) is 19.3 Å². The molecule has 1 atom stereocenters. The molecule has 0 aromatic carbocycles. The van der Waals surface area contributed by atoms with Gasteiger partial charge in [-0.2, -0.15) is 12.6 Å². The quantitative estimate of drug-likeness (QED) is 0.584. The van der Waals surface area contributed by atoms with Gasteiger partial charge >= 0.3 is 0 Å². The second kappa shape index (κ2) is 6.78. The van der Waals surface area contributed by atoms with Gasteiger partial charge in [0, 0.05) is 50.9 Å². The summed E-state index contributed by atoms with van der Waals surface area (Å²) in [6.07, 6.45) is 2.95. The van der Waals surface area contributed by atoms with E-state index in [2.05, 4.69) is 29.5 Å². The summed E-state index contributed by atoms with van der Waals surface area (Å²) in [4.78, 5) is 18.5. The number of thiol groups is 1. The van der Waals surface area contributed by atoms with Crippen LogP contribution in [-0.4, -0.2) is 78.7 Å². The highest BCUT2D eigenvalue weighted by Crippen LogP contribution is 2.16. The molecule has 0 spiro atoms. The van der Waals surface area contributed by atoms with Gasteiger partial charge in [-0.3, -0.25) is 4.79 Å². The van der Waals surface area contributed by atoms with Crippen molar-refractivity contribution in [3.05, 3.63) is 0 Å². The minimum atomic E-state index is 0.259. The van der Waals surface area contributed by atoms with Crippen molar-refractivity contribution in [2.24, 2.45) is 0 Å². The number of nitrogens with zero attached hydrogens (tertiary/aromatic N) is 3. The average molecular weight is 271 g/mol. The lowest BCUT2D eigenvalue weighted by atomic mass is 10.2. The molecule has 2 saturated heterocycles. The molecule has 2 fully saturated rings. The second-order valence-electron chi connectivity index (χ2n) is 5.55. The summed E-state index contributed by atoms with van der Waals surface area (Å²) in [7, 11) is 2.18. The van der Waals surface area contributed by atoms with Gasteiger partial charge in [-0.15, -0.1) is 0 Å². The van der Waals surface area contributed by atoms with Crippen molar-refractivity contribution >= 4 is 18.5 Å². The molecule has 1 amide bonds. The fourth-order valence-electron chi connectivity index (χ4n) is 2.68. The molecular weight excluding hydrogens is 246 g/mol. The van der Waals surface area contributed by atoms with Crippen LogP contribution in [0.3, 0.4) is 0 Å². The second-order valence-corrected chi connectivity index (χ2v) is 6.28. The third-order valence-electron chi connectivity index (χ3n) is 3.94.